The molecule has 1 saturated heterocycles. The fourth-order valence-electron chi connectivity index (χ4n) is 3.51. The SMILES string of the molecule is CCC1CNCCC1(CC)C1CC1. The van der Waals surface area contributed by atoms with Crippen LogP contribution in [0.1, 0.15) is 46.0 Å². The minimum absolute atomic E-state index is 0.736. The molecule has 0 aromatic carbocycles. The van der Waals surface area contributed by atoms with Crippen LogP contribution in [0.15, 0.2) is 0 Å². The molecule has 0 amide bonds. The van der Waals surface area contributed by atoms with Crippen LogP contribution in [-0.4, -0.2) is 13.1 Å². The van der Waals surface area contributed by atoms with Gasteiger partial charge in [0, 0.05) is 0 Å². The lowest BCUT2D eigenvalue weighted by atomic mass is 9.64. The van der Waals surface area contributed by atoms with Gasteiger partial charge in [0.1, 0.15) is 0 Å². The van der Waals surface area contributed by atoms with Crippen molar-refractivity contribution in [2.24, 2.45) is 17.3 Å². The largest absolute Gasteiger partial charge is 0.316 e. The van der Waals surface area contributed by atoms with Crippen LogP contribution in [-0.2, 0) is 0 Å². The first-order chi connectivity index (χ1) is 6.33. The number of piperidine rings is 1. The van der Waals surface area contributed by atoms with Crippen LogP contribution in [0.5, 0.6) is 0 Å². The van der Waals surface area contributed by atoms with Crippen molar-refractivity contribution in [3.63, 3.8) is 0 Å². The summed E-state index contributed by atoms with van der Waals surface area (Å²) >= 11 is 0. The Morgan fingerprint density at radius 2 is 2.08 bits per heavy atom. The van der Waals surface area contributed by atoms with Gasteiger partial charge in [-0.15, -0.1) is 0 Å². The standard InChI is InChI=1S/C12H23N/c1-3-10-9-13-8-7-12(10,4-2)11-5-6-11/h10-11,13H,3-9H2,1-2H3. The van der Waals surface area contributed by atoms with E-state index in [0.717, 1.165) is 17.3 Å². The monoisotopic (exact) mass is 181 g/mol. The molecule has 2 fully saturated rings. The quantitative estimate of drug-likeness (QED) is 0.706. The molecule has 0 radical (unpaired) electrons. The lowest BCUT2D eigenvalue weighted by molar-refractivity contribution is 0.0709. The number of hydrogen-bond acceptors (Lipinski definition) is 1. The molecule has 0 bridgehead atoms. The molecule has 1 heterocycles. The molecule has 1 nitrogen and oxygen atoms in total. The number of hydrogen-bond donors (Lipinski definition) is 1. The first-order valence-corrected chi connectivity index (χ1v) is 6.04. The Morgan fingerprint density at radius 3 is 2.62 bits per heavy atom. The molecule has 1 aliphatic heterocycles. The van der Waals surface area contributed by atoms with Crippen molar-refractivity contribution in [3.05, 3.63) is 0 Å². The Bertz CT molecular complexity index is 174. The normalized spacial score (nSPS) is 40.6. The van der Waals surface area contributed by atoms with E-state index in [1.165, 1.54) is 45.2 Å². The van der Waals surface area contributed by atoms with Crippen LogP contribution in [0.4, 0.5) is 0 Å². The third-order valence-electron chi connectivity index (χ3n) is 4.51. The second kappa shape index (κ2) is 3.61. The highest BCUT2D eigenvalue weighted by Crippen LogP contribution is 2.55. The van der Waals surface area contributed by atoms with Crippen LogP contribution in [0.3, 0.4) is 0 Å². The molecule has 0 aromatic heterocycles. The minimum Gasteiger partial charge on any atom is -0.316 e. The highest BCUT2D eigenvalue weighted by Gasteiger charge is 2.48. The number of nitrogens with one attached hydrogen (secondary N) is 1. The van der Waals surface area contributed by atoms with E-state index in [0.29, 0.717) is 0 Å². The molecule has 2 rings (SSSR count). The molecule has 76 valence electrons. The maximum Gasteiger partial charge on any atom is -0.00152 e. The van der Waals surface area contributed by atoms with Crippen molar-refractivity contribution in [2.75, 3.05) is 13.1 Å². The van der Waals surface area contributed by atoms with Crippen molar-refractivity contribution in [3.8, 4) is 0 Å². The molecule has 1 aliphatic carbocycles. The first kappa shape index (κ1) is 9.51. The van der Waals surface area contributed by atoms with E-state index >= 15 is 0 Å². The van der Waals surface area contributed by atoms with Gasteiger partial charge in [-0.1, -0.05) is 20.3 Å². The Balaban J connectivity index is 2.12. The molecular formula is C12H23N. The predicted molar refractivity (Wildman–Crippen MR) is 56.7 cm³/mol. The fourth-order valence-corrected chi connectivity index (χ4v) is 3.51. The van der Waals surface area contributed by atoms with Crippen LogP contribution in [0.2, 0.25) is 0 Å². The van der Waals surface area contributed by atoms with Gasteiger partial charge >= 0.3 is 0 Å². The Kier molecular flexibility index (Phi) is 2.64. The van der Waals surface area contributed by atoms with E-state index in [1.54, 1.807) is 0 Å². The maximum atomic E-state index is 3.56. The molecule has 0 spiro atoms. The van der Waals surface area contributed by atoms with E-state index in [4.69, 9.17) is 0 Å². The Labute approximate surface area is 82.3 Å². The second-order valence-corrected chi connectivity index (χ2v) is 4.92. The molecule has 1 heteroatoms. The smallest absolute Gasteiger partial charge is 0.00152 e. The van der Waals surface area contributed by atoms with Crippen molar-refractivity contribution in [1.29, 1.82) is 0 Å². The second-order valence-electron chi connectivity index (χ2n) is 4.92. The van der Waals surface area contributed by atoms with E-state index < -0.39 is 0 Å². The highest BCUT2D eigenvalue weighted by molar-refractivity contribution is 5.00. The van der Waals surface area contributed by atoms with Gasteiger partial charge in [0.25, 0.3) is 0 Å². The summed E-state index contributed by atoms with van der Waals surface area (Å²) in [6, 6.07) is 0. The zero-order chi connectivity index (χ0) is 9.31. The zero-order valence-electron chi connectivity index (χ0n) is 9.10. The van der Waals surface area contributed by atoms with E-state index in [1.807, 2.05) is 0 Å². The number of rotatable bonds is 3. The van der Waals surface area contributed by atoms with Gasteiger partial charge in [0.15, 0.2) is 0 Å². The van der Waals surface area contributed by atoms with Crippen LogP contribution >= 0.6 is 0 Å². The van der Waals surface area contributed by atoms with Crippen molar-refractivity contribution < 1.29 is 0 Å². The van der Waals surface area contributed by atoms with Gasteiger partial charge in [-0.3, -0.25) is 0 Å². The fraction of sp³-hybridized carbons (Fsp3) is 1.00. The Morgan fingerprint density at radius 1 is 1.31 bits per heavy atom. The molecule has 0 aromatic rings. The van der Waals surface area contributed by atoms with Crippen LogP contribution < -0.4 is 5.32 Å². The predicted octanol–water partition coefficient (Wildman–Crippen LogP) is 2.81. The van der Waals surface area contributed by atoms with Crippen LogP contribution in [0.25, 0.3) is 0 Å². The summed E-state index contributed by atoms with van der Waals surface area (Å²) in [6.45, 7) is 7.32. The molecular weight excluding hydrogens is 158 g/mol. The third kappa shape index (κ3) is 1.52. The van der Waals surface area contributed by atoms with Crippen molar-refractivity contribution >= 4 is 0 Å². The van der Waals surface area contributed by atoms with Crippen LogP contribution in [0, 0.1) is 17.3 Å². The average molecular weight is 181 g/mol. The van der Waals surface area contributed by atoms with Gasteiger partial charge in [0.2, 0.25) is 0 Å². The van der Waals surface area contributed by atoms with E-state index in [-0.39, 0.29) is 0 Å². The summed E-state index contributed by atoms with van der Waals surface area (Å²) in [6.07, 6.45) is 7.26. The molecule has 2 atom stereocenters. The van der Waals surface area contributed by atoms with Crippen molar-refractivity contribution in [2.45, 2.75) is 46.0 Å². The van der Waals surface area contributed by atoms with Crippen molar-refractivity contribution in [1.82, 2.24) is 5.32 Å². The summed E-state index contributed by atoms with van der Waals surface area (Å²) in [7, 11) is 0. The van der Waals surface area contributed by atoms with E-state index in [9.17, 15) is 0 Å². The maximum absolute atomic E-state index is 3.56. The first-order valence-electron chi connectivity index (χ1n) is 6.04. The summed E-state index contributed by atoms with van der Waals surface area (Å²) < 4.78 is 0. The summed E-state index contributed by atoms with van der Waals surface area (Å²) in [5, 5.41) is 3.56. The lowest BCUT2D eigenvalue weighted by Gasteiger charge is -2.44. The zero-order valence-corrected chi connectivity index (χ0v) is 9.10. The topological polar surface area (TPSA) is 12.0 Å². The van der Waals surface area contributed by atoms with Gasteiger partial charge in [-0.2, -0.15) is 0 Å². The summed E-state index contributed by atoms with van der Waals surface area (Å²) in [5.74, 6) is 2.04. The molecule has 1 saturated carbocycles. The molecule has 13 heavy (non-hydrogen) atoms. The average Bonchev–Trinajstić information content (AvgIpc) is 3.01. The molecule has 2 aliphatic rings. The third-order valence-corrected chi connectivity index (χ3v) is 4.51. The lowest BCUT2D eigenvalue weighted by Crippen LogP contribution is -2.45. The van der Waals surface area contributed by atoms with Gasteiger partial charge in [-0.05, 0) is 56.0 Å². The summed E-state index contributed by atoms with van der Waals surface area (Å²) in [5.41, 5.74) is 0.736. The molecule has 2 unspecified atom stereocenters. The Hall–Kier alpha value is -0.0400. The minimum atomic E-state index is 0.736. The molecule has 1 N–H and O–H groups in total. The van der Waals surface area contributed by atoms with Gasteiger partial charge in [0.05, 0.1) is 0 Å². The highest BCUT2D eigenvalue weighted by atomic mass is 14.9. The van der Waals surface area contributed by atoms with Gasteiger partial charge < -0.3 is 5.32 Å². The van der Waals surface area contributed by atoms with E-state index in [2.05, 4.69) is 19.2 Å². The summed E-state index contributed by atoms with van der Waals surface area (Å²) in [4.78, 5) is 0. The van der Waals surface area contributed by atoms with Gasteiger partial charge in [-0.25, -0.2) is 0 Å².